The number of nitrogens with zero attached hydrogens (tertiary/aromatic N) is 1. The van der Waals surface area contributed by atoms with Crippen LogP contribution in [0.4, 0.5) is 5.69 Å². The highest BCUT2D eigenvalue weighted by Crippen LogP contribution is 2.33. The summed E-state index contributed by atoms with van der Waals surface area (Å²) < 4.78 is 1.03. The van der Waals surface area contributed by atoms with Gasteiger partial charge in [0, 0.05) is 11.3 Å². The monoisotopic (exact) mass is 338 g/mol. The van der Waals surface area contributed by atoms with Gasteiger partial charge < -0.3 is 5.32 Å². The Hall–Kier alpha value is -2.20. The summed E-state index contributed by atoms with van der Waals surface area (Å²) in [5, 5.41) is 3.16. The van der Waals surface area contributed by atoms with Gasteiger partial charge in [0.2, 0.25) is 0 Å². The number of benzene rings is 2. The number of carbonyl (C=O) groups is 1. The molecule has 0 fully saturated rings. The molecule has 0 spiro atoms. The Morgan fingerprint density at radius 2 is 1.71 bits per heavy atom. The van der Waals surface area contributed by atoms with Crippen molar-refractivity contribution in [3.8, 4) is 0 Å². The van der Waals surface area contributed by atoms with E-state index in [0.29, 0.717) is 17.4 Å². The van der Waals surface area contributed by atoms with Crippen LogP contribution in [0.2, 0.25) is 0 Å². The molecule has 3 nitrogen and oxygen atoms in total. The Labute approximate surface area is 146 Å². The van der Waals surface area contributed by atoms with Gasteiger partial charge in [-0.15, -0.1) is 11.3 Å². The third kappa shape index (κ3) is 3.20. The van der Waals surface area contributed by atoms with Crippen LogP contribution in [0.5, 0.6) is 0 Å². The number of para-hydroxylation sites is 1. The molecule has 0 saturated carbocycles. The first kappa shape index (κ1) is 16.7. The van der Waals surface area contributed by atoms with Crippen molar-refractivity contribution < 1.29 is 4.79 Å². The van der Waals surface area contributed by atoms with Crippen LogP contribution in [-0.2, 0) is 0 Å². The maximum absolute atomic E-state index is 12.8. The summed E-state index contributed by atoms with van der Waals surface area (Å²) in [6.07, 6.45) is 0. The zero-order valence-electron chi connectivity index (χ0n) is 14.5. The molecule has 0 radical (unpaired) electrons. The van der Waals surface area contributed by atoms with Gasteiger partial charge in [0.25, 0.3) is 5.91 Å². The smallest absolute Gasteiger partial charge is 0.255 e. The minimum atomic E-state index is -0.0692. The highest BCUT2D eigenvalue weighted by molar-refractivity contribution is 7.16. The molecule has 0 atom stereocenters. The fourth-order valence-corrected chi connectivity index (χ4v) is 3.59. The number of thiazole rings is 1. The summed E-state index contributed by atoms with van der Waals surface area (Å²) in [5.74, 6) is 0.631. The molecule has 0 aliphatic rings. The van der Waals surface area contributed by atoms with E-state index in [1.54, 1.807) is 16.8 Å². The SMILES string of the molecule is CC(C)c1cccc(C(C)C)c1NC(=O)c1ccc2ncsc2c1. The van der Waals surface area contributed by atoms with Gasteiger partial charge in [0.05, 0.1) is 15.7 Å². The number of nitrogens with one attached hydrogen (secondary N) is 1. The third-order valence-corrected chi connectivity index (χ3v) is 5.00. The molecule has 2 aromatic carbocycles. The van der Waals surface area contributed by atoms with Crippen molar-refractivity contribution >= 4 is 33.1 Å². The summed E-state index contributed by atoms with van der Waals surface area (Å²) in [7, 11) is 0. The van der Waals surface area contributed by atoms with Gasteiger partial charge in [-0.1, -0.05) is 45.9 Å². The molecule has 124 valence electrons. The molecule has 1 heterocycles. The zero-order valence-corrected chi connectivity index (χ0v) is 15.3. The highest BCUT2D eigenvalue weighted by Gasteiger charge is 2.17. The fraction of sp³-hybridized carbons (Fsp3) is 0.300. The number of fused-ring (bicyclic) bond motifs is 1. The van der Waals surface area contributed by atoms with Crippen LogP contribution in [0.15, 0.2) is 41.9 Å². The van der Waals surface area contributed by atoms with Crippen molar-refractivity contribution in [3.05, 3.63) is 58.6 Å². The van der Waals surface area contributed by atoms with Gasteiger partial charge >= 0.3 is 0 Å². The first-order valence-electron chi connectivity index (χ1n) is 8.24. The Morgan fingerprint density at radius 3 is 2.33 bits per heavy atom. The second-order valence-electron chi connectivity index (χ2n) is 6.61. The molecule has 24 heavy (non-hydrogen) atoms. The number of amides is 1. The molecule has 0 bridgehead atoms. The maximum atomic E-state index is 12.8. The van der Waals surface area contributed by atoms with Crippen molar-refractivity contribution in [2.75, 3.05) is 5.32 Å². The van der Waals surface area contributed by atoms with Gasteiger partial charge in [-0.3, -0.25) is 4.79 Å². The lowest BCUT2D eigenvalue weighted by Crippen LogP contribution is -2.15. The van der Waals surface area contributed by atoms with E-state index in [4.69, 9.17) is 0 Å². The van der Waals surface area contributed by atoms with Gasteiger partial charge in [0.1, 0.15) is 0 Å². The summed E-state index contributed by atoms with van der Waals surface area (Å²) in [4.78, 5) is 17.1. The summed E-state index contributed by atoms with van der Waals surface area (Å²) >= 11 is 1.55. The molecular weight excluding hydrogens is 316 g/mol. The lowest BCUT2D eigenvalue weighted by Gasteiger charge is -2.20. The van der Waals surface area contributed by atoms with E-state index in [2.05, 4.69) is 56.2 Å². The number of carbonyl (C=O) groups excluding carboxylic acids is 1. The van der Waals surface area contributed by atoms with E-state index in [0.717, 1.165) is 15.9 Å². The van der Waals surface area contributed by atoms with E-state index < -0.39 is 0 Å². The molecule has 1 aromatic heterocycles. The van der Waals surface area contributed by atoms with Crippen LogP contribution < -0.4 is 5.32 Å². The summed E-state index contributed by atoms with van der Waals surface area (Å²) in [6, 6.07) is 11.9. The van der Waals surface area contributed by atoms with Crippen LogP contribution in [0, 0.1) is 0 Å². The summed E-state index contributed by atoms with van der Waals surface area (Å²) in [6.45, 7) is 8.61. The number of aromatic nitrogens is 1. The van der Waals surface area contributed by atoms with E-state index in [1.807, 2.05) is 18.2 Å². The molecule has 1 N–H and O–H groups in total. The van der Waals surface area contributed by atoms with Gasteiger partial charge in [-0.25, -0.2) is 4.98 Å². The Bertz CT molecular complexity index is 854. The third-order valence-electron chi connectivity index (χ3n) is 4.20. The van der Waals surface area contributed by atoms with Crippen molar-refractivity contribution in [3.63, 3.8) is 0 Å². The maximum Gasteiger partial charge on any atom is 0.255 e. The average Bonchev–Trinajstić information content (AvgIpc) is 3.02. The van der Waals surface area contributed by atoms with Crippen molar-refractivity contribution in [1.29, 1.82) is 0 Å². The molecule has 3 rings (SSSR count). The molecular formula is C20H22N2OS. The molecule has 0 aliphatic carbocycles. The van der Waals surface area contributed by atoms with Crippen LogP contribution in [0.1, 0.15) is 61.0 Å². The van der Waals surface area contributed by atoms with E-state index in [1.165, 1.54) is 11.1 Å². The highest BCUT2D eigenvalue weighted by atomic mass is 32.1. The van der Waals surface area contributed by atoms with E-state index in [9.17, 15) is 4.79 Å². The minimum Gasteiger partial charge on any atom is -0.321 e. The molecule has 0 saturated heterocycles. The van der Waals surface area contributed by atoms with Crippen LogP contribution in [0.3, 0.4) is 0 Å². The lowest BCUT2D eigenvalue weighted by molar-refractivity contribution is 0.102. The Balaban J connectivity index is 1.98. The topological polar surface area (TPSA) is 42.0 Å². The summed E-state index contributed by atoms with van der Waals surface area (Å²) in [5.41, 5.74) is 6.71. The van der Waals surface area contributed by atoms with Gasteiger partial charge in [-0.2, -0.15) is 0 Å². The Kier molecular flexibility index (Phi) is 4.67. The molecule has 1 amide bonds. The number of hydrogen-bond acceptors (Lipinski definition) is 3. The first-order valence-corrected chi connectivity index (χ1v) is 9.12. The second kappa shape index (κ2) is 6.73. The Morgan fingerprint density at radius 1 is 1.04 bits per heavy atom. The average molecular weight is 338 g/mol. The second-order valence-corrected chi connectivity index (χ2v) is 7.50. The van der Waals surface area contributed by atoms with Crippen LogP contribution >= 0.6 is 11.3 Å². The normalized spacial score (nSPS) is 11.4. The number of hydrogen-bond donors (Lipinski definition) is 1. The zero-order chi connectivity index (χ0) is 17.3. The van der Waals surface area contributed by atoms with Crippen molar-refractivity contribution in [2.45, 2.75) is 39.5 Å². The minimum absolute atomic E-state index is 0.0692. The quantitative estimate of drug-likeness (QED) is 0.653. The molecule has 3 aromatic rings. The van der Waals surface area contributed by atoms with Gasteiger partial charge in [-0.05, 0) is 41.2 Å². The van der Waals surface area contributed by atoms with Crippen LogP contribution in [0.25, 0.3) is 10.2 Å². The number of anilines is 1. The fourth-order valence-electron chi connectivity index (χ4n) is 2.88. The predicted molar refractivity (Wildman–Crippen MR) is 102 cm³/mol. The van der Waals surface area contributed by atoms with Gasteiger partial charge in [0.15, 0.2) is 0 Å². The van der Waals surface area contributed by atoms with Crippen molar-refractivity contribution in [2.24, 2.45) is 0 Å². The van der Waals surface area contributed by atoms with E-state index >= 15 is 0 Å². The molecule has 0 aliphatic heterocycles. The van der Waals surface area contributed by atoms with E-state index in [-0.39, 0.29) is 5.91 Å². The molecule has 4 heteroatoms. The standard InChI is InChI=1S/C20H22N2OS/c1-12(2)15-6-5-7-16(13(3)4)19(15)22-20(23)14-8-9-17-18(10-14)24-11-21-17/h5-13H,1-4H3,(H,22,23). The molecule has 0 unspecified atom stereocenters. The predicted octanol–water partition coefficient (Wildman–Crippen LogP) is 5.80. The lowest BCUT2D eigenvalue weighted by atomic mass is 9.92. The number of rotatable bonds is 4. The first-order chi connectivity index (χ1) is 11.5. The van der Waals surface area contributed by atoms with Crippen LogP contribution in [-0.4, -0.2) is 10.9 Å². The largest absolute Gasteiger partial charge is 0.321 e. The van der Waals surface area contributed by atoms with Crippen molar-refractivity contribution in [1.82, 2.24) is 4.98 Å².